The van der Waals surface area contributed by atoms with Crippen LogP contribution in [0.3, 0.4) is 0 Å². The van der Waals surface area contributed by atoms with Crippen LogP contribution in [-0.4, -0.2) is 36.2 Å². The monoisotopic (exact) mass is 378 g/mol. The molecule has 148 valence electrons. The summed E-state index contributed by atoms with van der Waals surface area (Å²) in [4.78, 5) is 26.5. The Morgan fingerprint density at radius 2 is 2.00 bits per heavy atom. The molecule has 0 bridgehead atoms. The van der Waals surface area contributed by atoms with Gasteiger partial charge >= 0.3 is 0 Å². The number of carbonyl (C=O) groups excluding carboxylic acids is 2. The van der Waals surface area contributed by atoms with E-state index < -0.39 is 6.04 Å². The highest BCUT2D eigenvalue weighted by Gasteiger charge is 2.36. The first kappa shape index (κ1) is 20.3. The number of nitrogens with one attached hydrogen (secondary N) is 1. The van der Waals surface area contributed by atoms with Crippen LogP contribution < -0.4 is 5.32 Å². The first-order valence-corrected chi connectivity index (χ1v) is 10.2. The highest BCUT2D eigenvalue weighted by Crippen LogP contribution is 2.38. The van der Waals surface area contributed by atoms with Crippen molar-refractivity contribution >= 4 is 12.2 Å². The van der Waals surface area contributed by atoms with Crippen LogP contribution in [0.2, 0.25) is 0 Å². The van der Waals surface area contributed by atoms with Crippen molar-refractivity contribution in [3.63, 3.8) is 0 Å². The summed E-state index contributed by atoms with van der Waals surface area (Å²) in [5, 5.41) is 2.99. The van der Waals surface area contributed by atoms with E-state index in [2.05, 4.69) is 48.3 Å². The molecule has 1 aliphatic heterocycles. The van der Waals surface area contributed by atoms with Gasteiger partial charge in [0.05, 0.1) is 12.1 Å². The van der Waals surface area contributed by atoms with Crippen LogP contribution >= 0.6 is 0 Å². The van der Waals surface area contributed by atoms with E-state index in [9.17, 15) is 9.59 Å². The fourth-order valence-electron chi connectivity index (χ4n) is 4.36. The molecule has 4 nitrogen and oxygen atoms in total. The van der Waals surface area contributed by atoms with Crippen molar-refractivity contribution in [2.75, 3.05) is 13.1 Å². The third kappa shape index (κ3) is 4.17. The number of carbonyl (C=O) groups is 2. The lowest BCUT2D eigenvalue weighted by molar-refractivity contribution is -0.129. The number of nitrogens with zero attached hydrogens (tertiary/aromatic N) is 1. The zero-order valence-corrected chi connectivity index (χ0v) is 17.1. The Hall–Kier alpha value is -2.46. The molecule has 3 rings (SSSR count). The molecule has 2 unspecified atom stereocenters. The molecule has 1 amide bonds. The molecule has 0 aromatic heterocycles. The van der Waals surface area contributed by atoms with Crippen LogP contribution in [0, 0.1) is 13.8 Å². The molecule has 1 N–H and O–H groups in total. The van der Waals surface area contributed by atoms with Gasteiger partial charge in [-0.25, -0.2) is 0 Å². The van der Waals surface area contributed by atoms with E-state index >= 15 is 0 Å². The summed E-state index contributed by atoms with van der Waals surface area (Å²) in [7, 11) is 0. The van der Waals surface area contributed by atoms with Crippen molar-refractivity contribution in [2.24, 2.45) is 0 Å². The highest BCUT2D eigenvalue weighted by molar-refractivity contribution is 5.84. The van der Waals surface area contributed by atoms with Gasteiger partial charge in [-0.05, 0) is 48.9 Å². The Kier molecular flexibility index (Phi) is 6.63. The summed E-state index contributed by atoms with van der Waals surface area (Å²) < 4.78 is 0. The molecular formula is C24H30N2O2. The summed E-state index contributed by atoms with van der Waals surface area (Å²) in [6.07, 6.45) is 2.85. The minimum atomic E-state index is -0.455. The third-order valence-corrected chi connectivity index (χ3v) is 5.59. The molecule has 2 aromatic carbocycles. The lowest BCUT2D eigenvalue weighted by Crippen LogP contribution is -2.51. The Balaban J connectivity index is 2.08. The quantitative estimate of drug-likeness (QED) is 0.747. The van der Waals surface area contributed by atoms with Crippen molar-refractivity contribution in [3.05, 3.63) is 70.3 Å². The molecular weight excluding hydrogens is 348 g/mol. The number of fused-ring (bicyclic) bond motifs is 1. The number of rotatable bonds is 7. The molecule has 1 aliphatic rings. The average Bonchev–Trinajstić information content (AvgIpc) is 2.70. The highest BCUT2D eigenvalue weighted by atomic mass is 16.2. The minimum absolute atomic E-state index is 0.0270. The molecule has 0 saturated heterocycles. The van der Waals surface area contributed by atoms with Gasteiger partial charge in [-0.2, -0.15) is 0 Å². The smallest absolute Gasteiger partial charge is 0.237 e. The van der Waals surface area contributed by atoms with Crippen LogP contribution in [0.15, 0.2) is 42.5 Å². The van der Waals surface area contributed by atoms with Crippen LogP contribution in [0.4, 0.5) is 0 Å². The number of aldehydes is 1. The van der Waals surface area contributed by atoms with Gasteiger partial charge in [0.25, 0.3) is 0 Å². The molecule has 0 saturated carbocycles. The Labute approximate surface area is 167 Å². The molecule has 4 heteroatoms. The summed E-state index contributed by atoms with van der Waals surface area (Å²) in [5.74, 6) is -0.0530. The van der Waals surface area contributed by atoms with Gasteiger partial charge in [0.1, 0.15) is 6.29 Å². The third-order valence-electron chi connectivity index (χ3n) is 5.59. The molecule has 0 radical (unpaired) electrons. The average molecular weight is 379 g/mol. The second-order valence-corrected chi connectivity index (χ2v) is 7.66. The summed E-state index contributed by atoms with van der Waals surface area (Å²) in [6, 6.07) is 14.3. The lowest BCUT2D eigenvalue weighted by atomic mass is 9.83. The molecule has 0 spiro atoms. The van der Waals surface area contributed by atoms with E-state index in [1.165, 1.54) is 22.3 Å². The maximum absolute atomic E-state index is 12.9. The Bertz CT molecular complexity index is 832. The molecule has 2 aromatic rings. The summed E-state index contributed by atoms with van der Waals surface area (Å²) in [5.41, 5.74) is 6.32. The van der Waals surface area contributed by atoms with E-state index in [0.29, 0.717) is 6.54 Å². The fraction of sp³-hybridized carbons (Fsp3) is 0.417. The number of aryl methyl sites for hydroxylation is 2. The predicted octanol–water partition coefficient (Wildman–Crippen LogP) is 3.73. The fourth-order valence-corrected chi connectivity index (χ4v) is 4.36. The first-order chi connectivity index (χ1) is 13.6. The van der Waals surface area contributed by atoms with E-state index in [4.69, 9.17) is 0 Å². The zero-order chi connectivity index (χ0) is 20.1. The second-order valence-electron chi connectivity index (χ2n) is 7.66. The summed E-state index contributed by atoms with van der Waals surface area (Å²) in [6.45, 7) is 7.71. The van der Waals surface area contributed by atoms with Gasteiger partial charge in [0, 0.05) is 19.5 Å². The first-order valence-electron chi connectivity index (χ1n) is 10.2. The normalized spacial score (nSPS) is 17.6. The van der Waals surface area contributed by atoms with Gasteiger partial charge in [-0.3, -0.25) is 9.69 Å². The van der Waals surface area contributed by atoms with Gasteiger partial charge in [0.15, 0.2) is 0 Å². The van der Waals surface area contributed by atoms with Gasteiger partial charge < -0.3 is 10.1 Å². The number of hydrogen-bond acceptors (Lipinski definition) is 3. The number of benzene rings is 2. The maximum Gasteiger partial charge on any atom is 0.237 e. The SMILES string of the molecule is CCCNC(=O)C(CC=O)N1CCc2c(C)cc(C)cc2C1c1ccccc1. The minimum Gasteiger partial charge on any atom is -0.355 e. The molecule has 1 heterocycles. The molecule has 2 atom stereocenters. The standard InChI is InChI=1S/C24H30N2O2/c1-4-12-25-24(28)22(11-14-27)26-13-10-20-18(3)15-17(2)16-21(20)23(26)19-8-6-5-7-9-19/h5-9,14-16,22-23H,4,10-13H2,1-3H3,(H,25,28). The van der Waals surface area contributed by atoms with Crippen LogP contribution in [0.1, 0.15) is 53.6 Å². The van der Waals surface area contributed by atoms with Gasteiger partial charge in [-0.15, -0.1) is 0 Å². The lowest BCUT2D eigenvalue weighted by Gasteiger charge is -2.42. The van der Waals surface area contributed by atoms with E-state index in [0.717, 1.165) is 31.2 Å². The Morgan fingerprint density at radius 1 is 1.25 bits per heavy atom. The van der Waals surface area contributed by atoms with Crippen LogP contribution in [-0.2, 0) is 16.0 Å². The largest absolute Gasteiger partial charge is 0.355 e. The van der Waals surface area contributed by atoms with Gasteiger partial charge in [-0.1, -0.05) is 55.0 Å². The number of hydrogen-bond donors (Lipinski definition) is 1. The predicted molar refractivity (Wildman–Crippen MR) is 112 cm³/mol. The van der Waals surface area contributed by atoms with E-state index in [1.807, 2.05) is 25.1 Å². The number of amides is 1. The van der Waals surface area contributed by atoms with Crippen molar-refractivity contribution in [2.45, 2.75) is 52.1 Å². The molecule has 0 fully saturated rings. The second kappa shape index (κ2) is 9.16. The van der Waals surface area contributed by atoms with Crippen LogP contribution in [0.25, 0.3) is 0 Å². The van der Waals surface area contributed by atoms with Gasteiger partial charge in [0.2, 0.25) is 5.91 Å². The topological polar surface area (TPSA) is 49.4 Å². The van der Waals surface area contributed by atoms with E-state index in [1.54, 1.807) is 0 Å². The van der Waals surface area contributed by atoms with Crippen molar-refractivity contribution in [1.82, 2.24) is 10.2 Å². The van der Waals surface area contributed by atoms with E-state index in [-0.39, 0.29) is 18.4 Å². The van der Waals surface area contributed by atoms with Crippen LogP contribution in [0.5, 0.6) is 0 Å². The molecule has 0 aliphatic carbocycles. The molecule has 28 heavy (non-hydrogen) atoms. The van der Waals surface area contributed by atoms with Crippen molar-refractivity contribution in [3.8, 4) is 0 Å². The Morgan fingerprint density at radius 3 is 2.68 bits per heavy atom. The van der Waals surface area contributed by atoms with Crippen molar-refractivity contribution < 1.29 is 9.59 Å². The van der Waals surface area contributed by atoms with Crippen molar-refractivity contribution in [1.29, 1.82) is 0 Å². The summed E-state index contributed by atoms with van der Waals surface area (Å²) >= 11 is 0. The zero-order valence-electron chi connectivity index (χ0n) is 17.1. The maximum atomic E-state index is 12.9.